The molecule has 0 fully saturated rings. The maximum atomic E-state index is 10.4. The van der Waals surface area contributed by atoms with Crippen molar-refractivity contribution in [2.24, 2.45) is 5.92 Å². The summed E-state index contributed by atoms with van der Waals surface area (Å²) in [4.78, 5) is 20.7. The Kier molecular flexibility index (Phi) is 21.2. The van der Waals surface area contributed by atoms with Crippen LogP contribution < -0.4 is 51.4 Å². The van der Waals surface area contributed by atoms with E-state index in [1.165, 1.54) is 6.42 Å². The van der Waals surface area contributed by atoms with Gasteiger partial charge in [0.1, 0.15) is 0 Å². The summed E-state index contributed by atoms with van der Waals surface area (Å²) in [5, 5.41) is 16.9. The predicted molar refractivity (Wildman–Crippen MR) is 60.0 cm³/mol. The standard InChI is InChI=1S/C8H14O4.C3H8.K.H/c1-2-3-4-5-6(7(9)10)8(11)12;1-3-2;;/h6H,2-5H2,1H3,(H,9,10)(H,11,12);3H2,1-2H3;;/q;;+1;-1. The molecule has 0 aromatic rings. The van der Waals surface area contributed by atoms with Gasteiger partial charge in [-0.3, -0.25) is 9.59 Å². The zero-order valence-corrected chi connectivity index (χ0v) is 13.9. The van der Waals surface area contributed by atoms with Gasteiger partial charge in [0.25, 0.3) is 0 Å². The number of aliphatic carboxylic acids is 2. The Hall–Kier alpha value is 0.576. The van der Waals surface area contributed by atoms with Gasteiger partial charge in [-0.05, 0) is 6.42 Å². The van der Waals surface area contributed by atoms with Gasteiger partial charge in [0.05, 0.1) is 0 Å². The van der Waals surface area contributed by atoms with E-state index in [0.717, 1.165) is 12.8 Å². The molecular weight excluding hydrogens is 235 g/mol. The first-order valence-corrected chi connectivity index (χ1v) is 5.46. The molecule has 2 N–H and O–H groups in total. The number of hydrogen-bond donors (Lipinski definition) is 2. The molecule has 0 amide bonds. The third kappa shape index (κ3) is 14.6. The summed E-state index contributed by atoms with van der Waals surface area (Å²) in [5.41, 5.74) is 0. The van der Waals surface area contributed by atoms with E-state index in [4.69, 9.17) is 10.2 Å². The minimum atomic E-state index is -1.24. The van der Waals surface area contributed by atoms with Crippen molar-refractivity contribution in [1.82, 2.24) is 0 Å². The first-order chi connectivity index (χ1) is 7.01. The van der Waals surface area contributed by atoms with Gasteiger partial charge in [0.2, 0.25) is 0 Å². The number of carboxylic acids is 2. The first-order valence-electron chi connectivity index (χ1n) is 5.46. The molecule has 0 aromatic carbocycles. The minimum Gasteiger partial charge on any atom is -1.00 e. The maximum Gasteiger partial charge on any atom is 1.00 e. The first kappa shape index (κ1) is 21.8. The van der Waals surface area contributed by atoms with Gasteiger partial charge in [0, 0.05) is 0 Å². The van der Waals surface area contributed by atoms with Crippen LogP contribution in [0.4, 0.5) is 0 Å². The van der Waals surface area contributed by atoms with Crippen molar-refractivity contribution in [3.8, 4) is 0 Å². The quantitative estimate of drug-likeness (QED) is 0.396. The molecule has 0 aliphatic heterocycles. The fourth-order valence-electron chi connectivity index (χ4n) is 0.951. The van der Waals surface area contributed by atoms with Crippen LogP contribution in [-0.4, -0.2) is 22.2 Å². The van der Waals surface area contributed by atoms with Crippen LogP contribution in [-0.2, 0) is 9.59 Å². The zero-order valence-electron chi connectivity index (χ0n) is 11.8. The summed E-state index contributed by atoms with van der Waals surface area (Å²) in [6.07, 6.45) is 4.00. The second-order valence-corrected chi connectivity index (χ2v) is 3.43. The molecule has 0 spiro atoms. The largest absolute Gasteiger partial charge is 1.00 e. The molecule has 0 rings (SSSR count). The Morgan fingerprint density at radius 1 is 1.06 bits per heavy atom. The van der Waals surface area contributed by atoms with Crippen LogP contribution in [0.3, 0.4) is 0 Å². The van der Waals surface area contributed by atoms with Crippen LogP contribution in [0.1, 0.15) is 54.3 Å². The van der Waals surface area contributed by atoms with E-state index in [0.29, 0.717) is 6.42 Å². The topological polar surface area (TPSA) is 74.6 Å². The van der Waals surface area contributed by atoms with Crippen LogP contribution in [0.15, 0.2) is 0 Å². The van der Waals surface area contributed by atoms with E-state index in [1.807, 2.05) is 6.92 Å². The molecule has 0 saturated carbocycles. The van der Waals surface area contributed by atoms with Crippen LogP contribution in [0.2, 0.25) is 0 Å². The van der Waals surface area contributed by atoms with Gasteiger partial charge < -0.3 is 11.6 Å². The van der Waals surface area contributed by atoms with Gasteiger partial charge in [-0.2, -0.15) is 0 Å². The van der Waals surface area contributed by atoms with Gasteiger partial charge in [-0.1, -0.05) is 46.5 Å². The Morgan fingerprint density at radius 3 is 1.69 bits per heavy atom. The Morgan fingerprint density at radius 2 is 1.44 bits per heavy atom. The van der Waals surface area contributed by atoms with Gasteiger partial charge in [-0.15, -0.1) is 0 Å². The van der Waals surface area contributed by atoms with Crippen LogP contribution in [0, 0.1) is 5.92 Å². The fourth-order valence-corrected chi connectivity index (χ4v) is 0.951. The molecular formula is C11H23KO4. The summed E-state index contributed by atoms with van der Waals surface area (Å²) in [6, 6.07) is 0. The molecule has 0 atom stereocenters. The Labute approximate surface area is 142 Å². The molecule has 0 aliphatic carbocycles. The SMILES string of the molecule is CCC.CCCCCC(C(=O)O)C(=O)O.[H-].[K+]. The second-order valence-electron chi connectivity index (χ2n) is 3.43. The Bertz CT molecular complexity index is 174. The molecule has 0 radical (unpaired) electrons. The van der Waals surface area contributed by atoms with Gasteiger partial charge >= 0.3 is 63.3 Å². The molecule has 0 aliphatic rings. The molecule has 0 unspecified atom stereocenters. The molecule has 0 bridgehead atoms. The molecule has 92 valence electrons. The van der Waals surface area contributed by atoms with Crippen molar-refractivity contribution < 1.29 is 72.6 Å². The average Bonchev–Trinajstić information content (AvgIpc) is 2.12. The van der Waals surface area contributed by atoms with E-state index in [2.05, 4.69) is 13.8 Å². The minimum absolute atomic E-state index is 0. The molecule has 0 heterocycles. The summed E-state index contributed by atoms with van der Waals surface area (Å²) in [6.45, 7) is 6.23. The number of rotatable bonds is 6. The van der Waals surface area contributed by atoms with Crippen molar-refractivity contribution in [3.63, 3.8) is 0 Å². The number of hydrogen-bond acceptors (Lipinski definition) is 2. The second kappa shape index (κ2) is 15.6. The number of carbonyl (C=O) groups is 2. The summed E-state index contributed by atoms with van der Waals surface area (Å²) < 4.78 is 0. The van der Waals surface area contributed by atoms with E-state index < -0.39 is 17.9 Å². The summed E-state index contributed by atoms with van der Waals surface area (Å²) >= 11 is 0. The van der Waals surface area contributed by atoms with Crippen LogP contribution >= 0.6 is 0 Å². The van der Waals surface area contributed by atoms with E-state index in [1.54, 1.807) is 0 Å². The van der Waals surface area contributed by atoms with E-state index in [-0.39, 0.29) is 59.2 Å². The fraction of sp³-hybridized carbons (Fsp3) is 0.818. The molecule has 0 aromatic heterocycles. The third-order valence-electron chi connectivity index (χ3n) is 1.69. The van der Waals surface area contributed by atoms with Gasteiger partial charge in [0.15, 0.2) is 5.92 Å². The number of unbranched alkanes of at least 4 members (excludes halogenated alkanes) is 2. The van der Waals surface area contributed by atoms with E-state index in [9.17, 15) is 9.59 Å². The smallest absolute Gasteiger partial charge is 1.00 e. The zero-order chi connectivity index (χ0) is 12.3. The number of carboxylic acid groups (broad SMARTS) is 2. The Balaban J connectivity index is -0.000000152. The average molecular weight is 258 g/mol. The summed E-state index contributed by atoms with van der Waals surface area (Å²) in [7, 11) is 0. The summed E-state index contributed by atoms with van der Waals surface area (Å²) in [5.74, 6) is -3.70. The third-order valence-corrected chi connectivity index (χ3v) is 1.69. The van der Waals surface area contributed by atoms with E-state index >= 15 is 0 Å². The molecule has 0 saturated heterocycles. The van der Waals surface area contributed by atoms with Crippen molar-refractivity contribution >= 4 is 11.9 Å². The van der Waals surface area contributed by atoms with Crippen LogP contribution in [0.5, 0.6) is 0 Å². The van der Waals surface area contributed by atoms with Crippen LogP contribution in [0.25, 0.3) is 0 Å². The van der Waals surface area contributed by atoms with Crippen molar-refractivity contribution in [3.05, 3.63) is 0 Å². The van der Waals surface area contributed by atoms with Crippen molar-refractivity contribution in [2.45, 2.75) is 52.9 Å². The van der Waals surface area contributed by atoms with Crippen molar-refractivity contribution in [1.29, 1.82) is 0 Å². The predicted octanol–water partition coefficient (Wildman–Crippen LogP) is -0.115. The molecule has 16 heavy (non-hydrogen) atoms. The maximum absolute atomic E-state index is 10.4. The normalized spacial score (nSPS) is 8.75. The van der Waals surface area contributed by atoms with Crippen molar-refractivity contribution in [2.75, 3.05) is 0 Å². The van der Waals surface area contributed by atoms with Gasteiger partial charge in [-0.25, -0.2) is 0 Å². The monoisotopic (exact) mass is 258 g/mol. The molecule has 4 nitrogen and oxygen atoms in total. The molecule has 5 heteroatoms.